The highest BCUT2D eigenvalue weighted by Gasteiger charge is 2.11. The zero-order valence-electron chi connectivity index (χ0n) is 15.6. The van der Waals surface area contributed by atoms with Gasteiger partial charge in [0, 0.05) is 43.7 Å². The van der Waals surface area contributed by atoms with Crippen molar-refractivity contribution < 1.29 is 9.59 Å². The van der Waals surface area contributed by atoms with Crippen molar-refractivity contribution in [3.05, 3.63) is 71.9 Å². The largest absolute Gasteiger partial charge is 0.361 e. The van der Waals surface area contributed by atoms with Crippen molar-refractivity contribution in [2.45, 2.75) is 19.8 Å². The van der Waals surface area contributed by atoms with E-state index in [-0.39, 0.29) is 11.8 Å². The van der Waals surface area contributed by atoms with Gasteiger partial charge in [-0.1, -0.05) is 48.5 Å². The Morgan fingerprint density at radius 2 is 1.74 bits per heavy atom. The van der Waals surface area contributed by atoms with Crippen LogP contribution in [-0.2, 0) is 22.4 Å². The van der Waals surface area contributed by atoms with Gasteiger partial charge >= 0.3 is 0 Å². The highest BCUT2D eigenvalue weighted by atomic mass is 16.2. The molecule has 0 aliphatic rings. The molecule has 3 aromatic rings. The second-order valence-electron chi connectivity index (χ2n) is 6.63. The number of carbonyl (C=O) groups excluding carboxylic acids is 2. The molecule has 0 unspecified atom stereocenters. The van der Waals surface area contributed by atoms with Crippen LogP contribution in [0.5, 0.6) is 0 Å². The Morgan fingerprint density at radius 1 is 1.00 bits per heavy atom. The predicted octanol–water partition coefficient (Wildman–Crippen LogP) is 2.92. The lowest BCUT2D eigenvalue weighted by molar-refractivity contribution is -0.129. The van der Waals surface area contributed by atoms with Gasteiger partial charge in [-0.05, 0) is 23.6 Å². The topological polar surface area (TPSA) is 65.2 Å². The van der Waals surface area contributed by atoms with Gasteiger partial charge in [-0.15, -0.1) is 0 Å². The Kier molecular flexibility index (Phi) is 6.26. The lowest BCUT2D eigenvalue weighted by Gasteiger charge is -2.21. The number of benzene rings is 2. The summed E-state index contributed by atoms with van der Waals surface area (Å²) >= 11 is 0. The number of aromatic amines is 1. The minimum Gasteiger partial charge on any atom is -0.361 e. The molecule has 0 fully saturated rings. The van der Waals surface area contributed by atoms with E-state index in [4.69, 9.17) is 0 Å². The van der Waals surface area contributed by atoms with Crippen molar-refractivity contribution in [1.82, 2.24) is 15.2 Å². The van der Waals surface area contributed by atoms with Crippen LogP contribution in [0, 0.1) is 0 Å². The number of H-pyrrole nitrogens is 1. The standard InChI is InChI=1S/C22H25N3O2/c1-17(26)25(13-11-19-16-24-21-10-6-5-9-20(19)21)14-12-23-22(27)15-18-7-3-2-4-8-18/h2-10,16,24H,11-15H2,1H3,(H,23,27). The van der Waals surface area contributed by atoms with E-state index in [0.29, 0.717) is 26.1 Å². The summed E-state index contributed by atoms with van der Waals surface area (Å²) in [7, 11) is 0. The lowest BCUT2D eigenvalue weighted by Crippen LogP contribution is -2.39. The summed E-state index contributed by atoms with van der Waals surface area (Å²) in [4.78, 5) is 29.0. The molecule has 2 aromatic carbocycles. The fraction of sp³-hybridized carbons (Fsp3) is 0.273. The molecule has 0 bridgehead atoms. The molecule has 0 aliphatic carbocycles. The van der Waals surface area contributed by atoms with Gasteiger partial charge in [0.15, 0.2) is 0 Å². The summed E-state index contributed by atoms with van der Waals surface area (Å²) in [5, 5.41) is 4.09. The molecule has 0 radical (unpaired) electrons. The summed E-state index contributed by atoms with van der Waals surface area (Å²) in [6.07, 6.45) is 3.14. The summed E-state index contributed by atoms with van der Waals surface area (Å²) in [6.45, 7) is 3.17. The van der Waals surface area contributed by atoms with E-state index in [1.54, 1.807) is 11.8 Å². The Bertz CT molecular complexity index is 902. The number of aromatic nitrogens is 1. The van der Waals surface area contributed by atoms with Gasteiger partial charge in [0.2, 0.25) is 11.8 Å². The highest BCUT2D eigenvalue weighted by molar-refractivity contribution is 5.83. The van der Waals surface area contributed by atoms with E-state index >= 15 is 0 Å². The summed E-state index contributed by atoms with van der Waals surface area (Å²) < 4.78 is 0. The summed E-state index contributed by atoms with van der Waals surface area (Å²) in [5.74, 6) is -0.00604. The number of nitrogens with one attached hydrogen (secondary N) is 2. The number of carbonyl (C=O) groups is 2. The maximum Gasteiger partial charge on any atom is 0.224 e. The molecule has 0 aliphatic heterocycles. The van der Waals surface area contributed by atoms with Gasteiger partial charge in [-0.2, -0.15) is 0 Å². The monoisotopic (exact) mass is 363 g/mol. The minimum absolute atomic E-state index is 0.0205. The van der Waals surface area contributed by atoms with Crippen LogP contribution in [0.3, 0.4) is 0 Å². The molecule has 1 heterocycles. The van der Waals surface area contributed by atoms with Crippen LogP contribution in [0.1, 0.15) is 18.1 Å². The number of rotatable bonds is 8. The van der Waals surface area contributed by atoms with Gasteiger partial charge in [0.25, 0.3) is 0 Å². The Labute approximate surface area is 159 Å². The van der Waals surface area contributed by atoms with Crippen LogP contribution in [0.4, 0.5) is 0 Å². The van der Waals surface area contributed by atoms with E-state index in [1.165, 1.54) is 10.9 Å². The van der Waals surface area contributed by atoms with Crippen LogP contribution in [0.2, 0.25) is 0 Å². The highest BCUT2D eigenvalue weighted by Crippen LogP contribution is 2.18. The van der Waals surface area contributed by atoms with Crippen molar-refractivity contribution in [2.24, 2.45) is 0 Å². The lowest BCUT2D eigenvalue weighted by atomic mass is 10.1. The average Bonchev–Trinajstić information content (AvgIpc) is 3.08. The van der Waals surface area contributed by atoms with E-state index in [0.717, 1.165) is 17.5 Å². The zero-order valence-corrected chi connectivity index (χ0v) is 15.6. The molecular formula is C22H25N3O2. The second-order valence-corrected chi connectivity index (χ2v) is 6.63. The SMILES string of the molecule is CC(=O)N(CCNC(=O)Cc1ccccc1)CCc1c[nH]c2ccccc12. The van der Waals surface area contributed by atoms with E-state index in [1.807, 2.05) is 54.7 Å². The smallest absolute Gasteiger partial charge is 0.224 e. The van der Waals surface area contributed by atoms with Crippen LogP contribution in [0.25, 0.3) is 10.9 Å². The second kappa shape index (κ2) is 9.03. The van der Waals surface area contributed by atoms with Gasteiger partial charge in [-0.25, -0.2) is 0 Å². The van der Waals surface area contributed by atoms with E-state index in [9.17, 15) is 9.59 Å². The molecule has 5 nitrogen and oxygen atoms in total. The molecule has 0 atom stereocenters. The van der Waals surface area contributed by atoms with Crippen molar-refractivity contribution in [2.75, 3.05) is 19.6 Å². The van der Waals surface area contributed by atoms with Crippen LogP contribution in [0.15, 0.2) is 60.8 Å². The van der Waals surface area contributed by atoms with Crippen molar-refractivity contribution in [1.29, 1.82) is 0 Å². The number of fused-ring (bicyclic) bond motifs is 1. The molecule has 2 amide bonds. The third-order valence-corrected chi connectivity index (χ3v) is 4.68. The average molecular weight is 363 g/mol. The van der Waals surface area contributed by atoms with Gasteiger partial charge < -0.3 is 15.2 Å². The molecule has 0 spiro atoms. The fourth-order valence-electron chi connectivity index (χ4n) is 3.19. The first kappa shape index (κ1) is 18.7. The number of para-hydroxylation sites is 1. The molecule has 2 N–H and O–H groups in total. The molecule has 140 valence electrons. The molecule has 27 heavy (non-hydrogen) atoms. The van der Waals surface area contributed by atoms with E-state index < -0.39 is 0 Å². The molecule has 3 rings (SSSR count). The first-order chi connectivity index (χ1) is 13.1. The summed E-state index contributed by atoms with van der Waals surface area (Å²) in [6, 6.07) is 17.8. The Morgan fingerprint density at radius 3 is 2.52 bits per heavy atom. The number of hydrogen-bond acceptors (Lipinski definition) is 2. The molecule has 0 saturated heterocycles. The van der Waals surface area contributed by atoms with Crippen molar-refractivity contribution in [3.8, 4) is 0 Å². The van der Waals surface area contributed by atoms with Gasteiger partial charge in [-0.3, -0.25) is 9.59 Å². The van der Waals surface area contributed by atoms with Crippen LogP contribution in [-0.4, -0.2) is 41.3 Å². The quantitative estimate of drug-likeness (QED) is 0.646. The minimum atomic E-state index is -0.0265. The number of amides is 2. The van der Waals surface area contributed by atoms with Crippen molar-refractivity contribution in [3.63, 3.8) is 0 Å². The fourth-order valence-corrected chi connectivity index (χ4v) is 3.19. The predicted molar refractivity (Wildman–Crippen MR) is 107 cm³/mol. The van der Waals surface area contributed by atoms with Crippen LogP contribution < -0.4 is 5.32 Å². The summed E-state index contributed by atoms with van der Waals surface area (Å²) in [5.41, 5.74) is 3.29. The maximum absolute atomic E-state index is 12.0. The molecule has 5 heteroatoms. The first-order valence-electron chi connectivity index (χ1n) is 9.24. The number of hydrogen-bond donors (Lipinski definition) is 2. The Hall–Kier alpha value is -3.08. The molecule has 0 saturated carbocycles. The number of nitrogens with zero attached hydrogens (tertiary/aromatic N) is 1. The maximum atomic E-state index is 12.0. The molecule has 1 aromatic heterocycles. The molecular weight excluding hydrogens is 338 g/mol. The van der Waals surface area contributed by atoms with Crippen LogP contribution >= 0.6 is 0 Å². The Balaban J connectivity index is 1.48. The normalized spacial score (nSPS) is 10.7. The third-order valence-electron chi connectivity index (χ3n) is 4.68. The third kappa shape index (κ3) is 5.20. The van der Waals surface area contributed by atoms with Gasteiger partial charge in [0.05, 0.1) is 6.42 Å². The first-order valence-corrected chi connectivity index (χ1v) is 9.24. The van der Waals surface area contributed by atoms with Crippen molar-refractivity contribution >= 4 is 22.7 Å². The zero-order chi connectivity index (χ0) is 19.1. The van der Waals surface area contributed by atoms with E-state index in [2.05, 4.69) is 16.4 Å². The van der Waals surface area contributed by atoms with Gasteiger partial charge in [0.1, 0.15) is 0 Å².